The van der Waals surface area contributed by atoms with E-state index in [0.29, 0.717) is 31.4 Å². The van der Waals surface area contributed by atoms with Crippen molar-refractivity contribution in [3.8, 4) is 0 Å². The van der Waals surface area contributed by atoms with Crippen molar-refractivity contribution in [3.63, 3.8) is 0 Å². The van der Waals surface area contributed by atoms with Gasteiger partial charge in [-0.15, -0.1) is 0 Å². The number of rotatable bonds is 11. The molecule has 2 atom stereocenters. The maximum Gasteiger partial charge on any atom is 0.475 e. The Balaban J connectivity index is 2.74. The number of carbonyl (C=O) groups is 2. The van der Waals surface area contributed by atoms with E-state index in [-0.39, 0.29) is 17.8 Å². The fourth-order valence-corrected chi connectivity index (χ4v) is 3.19. The first-order valence-corrected chi connectivity index (χ1v) is 10.2. The van der Waals surface area contributed by atoms with Gasteiger partial charge in [0.05, 0.1) is 11.5 Å². The molecule has 0 aliphatic rings. The van der Waals surface area contributed by atoms with Crippen LogP contribution in [0.1, 0.15) is 43.5 Å². The van der Waals surface area contributed by atoms with Gasteiger partial charge in [-0.25, -0.2) is 0 Å². The third kappa shape index (κ3) is 8.72. The van der Waals surface area contributed by atoms with Crippen molar-refractivity contribution in [1.82, 2.24) is 21.3 Å². The van der Waals surface area contributed by atoms with Crippen molar-refractivity contribution < 1.29 is 19.6 Å². The molecule has 11 heteroatoms. The van der Waals surface area contributed by atoms with Crippen LogP contribution in [-0.4, -0.2) is 60.5 Å². The molecular weight excluding hydrogens is 381 g/mol. The summed E-state index contributed by atoms with van der Waals surface area (Å²) in [5.41, 5.74) is 0.471. The molecule has 1 heterocycles. The van der Waals surface area contributed by atoms with Crippen molar-refractivity contribution in [2.45, 2.75) is 45.1 Å². The van der Waals surface area contributed by atoms with Crippen LogP contribution in [0.15, 0.2) is 16.8 Å². The van der Waals surface area contributed by atoms with E-state index in [4.69, 9.17) is 5.41 Å². The molecule has 0 bridgehead atoms. The van der Waals surface area contributed by atoms with Gasteiger partial charge in [0.1, 0.15) is 6.04 Å². The Morgan fingerprint density at radius 1 is 1.29 bits per heavy atom. The first-order chi connectivity index (χ1) is 13.2. The van der Waals surface area contributed by atoms with Gasteiger partial charge < -0.3 is 31.3 Å². The highest BCUT2D eigenvalue weighted by molar-refractivity contribution is 7.08. The number of carbonyl (C=O) groups excluding carboxylic acids is 2. The second-order valence-corrected chi connectivity index (χ2v) is 7.67. The highest BCUT2D eigenvalue weighted by Gasteiger charge is 2.29. The Kier molecular flexibility index (Phi) is 10.6. The molecule has 1 aromatic rings. The Bertz CT molecular complexity index is 627. The summed E-state index contributed by atoms with van der Waals surface area (Å²) in [5.74, 6) is -1.32. The van der Waals surface area contributed by atoms with Crippen LogP contribution in [0, 0.1) is 11.3 Å². The average molecular weight is 411 g/mol. The zero-order chi connectivity index (χ0) is 21.1. The maximum absolute atomic E-state index is 12.7. The summed E-state index contributed by atoms with van der Waals surface area (Å²) in [5, 5.41) is 40.9. The van der Waals surface area contributed by atoms with Crippen LogP contribution in [-0.2, 0) is 4.79 Å². The first kappa shape index (κ1) is 23.9. The van der Waals surface area contributed by atoms with Gasteiger partial charge in [-0.2, -0.15) is 11.3 Å². The van der Waals surface area contributed by atoms with Crippen molar-refractivity contribution in [2.75, 3.05) is 13.6 Å². The molecule has 28 heavy (non-hydrogen) atoms. The van der Waals surface area contributed by atoms with E-state index in [2.05, 4.69) is 21.3 Å². The van der Waals surface area contributed by atoms with Crippen LogP contribution in [0.5, 0.6) is 0 Å². The number of guanidine groups is 1. The monoisotopic (exact) mass is 411 g/mol. The van der Waals surface area contributed by atoms with Gasteiger partial charge in [0.25, 0.3) is 5.91 Å². The predicted octanol–water partition coefficient (Wildman–Crippen LogP) is -0.0866. The van der Waals surface area contributed by atoms with E-state index in [1.165, 1.54) is 11.3 Å². The van der Waals surface area contributed by atoms with Crippen molar-refractivity contribution in [2.24, 2.45) is 5.92 Å². The molecule has 0 aliphatic carbocycles. The van der Waals surface area contributed by atoms with Gasteiger partial charge in [-0.1, -0.05) is 13.8 Å². The van der Waals surface area contributed by atoms with Crippen molar-refractivity contribution in [3.05, 3.63) is 22.4 Å². The Hall–Kier alpha value is -2.11. The fraction of sp³-hybridized carbons (Fsp3) is 0.588. The predicted molar refractivity (Wildman–Crippen MR) is 111 cm³/mol. The molecule has 156 valence electrons. The third-order valence-corrected chi connectivity index (χ3v) is 4.72. The van der Waals surface area contributed by atoms with Gasteiger partial charge in [0.15, 0.2) is 5.96 Å². The number of amides is 2. The summed E-state index contributed by atoms with van der Waals surface area (Å²) in [4.78, 5) is 25.1. The van der Waals surface area contributed by atoms with Crippen LogP contribution < -0.4 is 21.3 Å². The molecule has 0 saturated carbocycles. The molecule has 0 fully saturated rings. The topological polar surface area (TPSA) is 147 Å². The minimum absolute atomic E-state index is 0.155. The van der Waals surface area contributed by atoms with E-state index in [0.717, 1.165) is 0 Å². The van der Waals surface area contributed by atoms with E-state index < -0.39 is 25.0 Å². The summed E-state index contributed by atoms with van der Waals surface area (Å²) in [6.45, 7) is 4.29. The maximum atomic E-state index is 12.7. The third-order valence-electron chi connectivity index (χ3n) is 4.04. The number of nitrogens with one attached hydrogen (secondary N) is 5. The lowest BCUT2D eigenvalue weighted by Crippen LogP contribution is -2.54. The minimum atomic E-state index is -1.68. The van der Waals surface area contributed by atoms with Crippen molar-refractivity contribution in [1.29, 1.82) is 5.41 Å². The average Bonchev–Trinajstić information content (AvgIpc) is 3.17. The van der Waals surface area contributed by atoms with E-state index in [1.807, 2.05) is 13.8 Å². The van der Waals surface area contributed by atoms with E-state index in [9.17, 15) is 19.6 Å². The Morgan fingerprint density at radius 2 is 2.00 bits per heavy atom. The van der Waals surface area contributed by atoms with Crippen molar-refractivity contribution >= 4 is 36.2 Å². The van der Waals surface area contributed by atoms with E-state index in [1.54, 1.807) is 23.9 Å². The molecule has 0 aliphatic heterocycles. The fourth-order valence-electron chi connectivity index (χ4n) is 2.56. The van der Waals surface area contributed by atoms with Gasteiger partial charge >= 0.3 is 7.12 Å². The zero-order valence-electron chi connectivity index (χ0n) is 16.5. The highest BCUT2D eigenvalue weighted by atomic mass is 32.1. The summed E-state index contributed by atoms with van der Waals surface area (Å²) in [7, 11) is -0.0563. The van der Waals surface area contributed by atoms with Crippen LogP contribution in [0.2, 0.25) is 0 Å². The largest absolute Gasteiger partial charge is 0.475 e. The standard InChI is InChI=1S/C17H30BN5O4S/c1-11(2)9-14(18(26)27)23-16(25)13(5-4-7-21-17(19)20-3)22-15(24)12-6-8-28-10-12/h6,8,10-11,13-14,26-27H,4-5,7,9H2,1-3H3,(H,22,24)(H,23,25)(H3,19,20,21)/t13-,14-/m0/s1. The molecule has 9 nitrogen and oxygen atoms in total. The normalized spacial score (nSPS) is 12.8. The van der Waals surface area contributed by atoms with Crippen LogP contribution in [0.4, 0.5) is 0 Å². The second-order valence-electron chi connectivity index (χ2n) is 6.89. The van der Waals surface area contributed by atoms with Gasteiger partial charge in [-0.05, 0) is 36.6 Å². The number of hydrogen-bond donors (Lipinski definition) is 7. The molecule has 0 unspecified atom stereocenters. The van der Waals surface area contributed by atoms with Crippen LogP contribution in [0.25, 0.3) is 0 Å². The molecule has 7 N–H and O–H groups in total. The first-order valence-electron chi connectivity index (χ1n) is 9.24. The Labute approximate surface area is 170 Å². The van der Waals surface area contributed by atoms with Gasteiger partial charge in [0.2, 0.25) is 5.91 Å². The lowest BCUT2D eigenvalue weighted by molar-refractivity contribution is -0.123. The minimum Gasteiger partial charge on any atom is -0.426 e. The number of thiophene rings is 1. The molecule has 1 rings (SSSR count). The molecule has 0 saturated heterocycles. The molecule has 1 aromatic heterocycles. The lowest BCUT2D eigenvalue weighted by atomic mass is 9.75. The molecule has 0 aromatic carbocycles. The highest BCUT2D eigenvalue weighted by Crippen LogP contribution is 2.09. The summed E-state index contributed by atoms with van der Waals surface area (Å²) in [6, 6.07) is 0.843. The zero-order valence-corrected chi connectivity index (χ0v) is 17.3. The van der Waals surface area contributed by atoms with E-state index >= 15 is 0 Å². The molecule has 0 radical (unpaired) electrons. The lowest BCUT2D eigenvalue weighted by Gasteiger charge is -2.24. The molecular formula is C17H30BN5O4S. The molecule has 0 spiro atoms. The van der Waals surface area contributed by atoms with Crippen LogP contribution >= 0.6 is 11.3 Å². The Morgan fingerprint density at radius 3 is 2.54 bits per heavy atom. The summed E-state index contributed by atoms with van der Waals surface area (Å²) in [6.07, 6.45) is 1.26. The smallest absolute Gasteiger partial charge is 0.426 e. The number of hydrogen-bond acceptors (Lipinski definition) is 6. The summed E-state index contributed by atoms with van der Waals surface area (Å²) >= 11 is 1.38. The van der Waals surface area contributed by atoms with Crippen LogP contribution in [0.3, 0.4) is 0 Å². The summed E-state index contributed by atoms with van der Waals surface area (Å²) < 4.78 is 0. The van der Waals surface area contributed by atoms with Gasteiger partial charge in [-0.3, -0.25) is 15.0 Å². The van der Waals surface area contributed by atoms with Gasteiger partial charge in [0, 0.05) is 19.0 Å². The quantitative estimate of drug-likeness (QED) is 0.117. The second kappa shape index (κ2) is 12.4. The molecule has 2 amide bonds. The SMILES string of the molecule is CNC(=N)NCCC[C@H](NC(=O)c1ccsc1)C(=O)N[C@@H](CC(C)C)B(O)O.